The van der Waals surface area contributed by atoms with Gasteiger partial charge in [-0.05, 0) is 60.3 Å². The molecule has 0 spiro atoms. The van der Waals surface area contributed by atoms with E-state index in [-0.39, 0.29) is 16.9 Å². The van der Waals surface area contributed by atoms with Crippen LogP contribution >= 0.6 is 15.9 Å². The molecule has 4 nitrogen and oxygen atoms in total. The van der Waals surface area contributed by atoms with Crippen LogP contribution in [0.1, 0.15) is 33.3 Å². The highest BCUT2D eigenvalue weighted by atomic mass is 79.9. The minimum Gasteiger partial charge on any atom is -0.398 e. The van der Waals surface area contributed by atoms with Gasteiger partial charge in [0.2, 0.25) is 10.0 Å². The third kappa shape index (κ3) is 3.74. The molecule has 0 fully saturated rings. The summed E-state index contributed by atoms with van der Waals surface area (Å²) in [5, 5.41) is 0. The second-order valence-corrected chi connectivity index (χ2v) is 8.41. The van der Waals surface area contributed by atoms with E-state index < -0.39 is 10.0 Å². The first kappa shape index (κ1) is 17.5. The van der Waals surface area contributed by atoms with E-state index in [1.165, 1.54) is 10.4 Å². The van der Waals surface area contributed by atoms with Crippen LogP contribution in [-0.2, 0) is 10.0 Å². The fraction of sp³-hybridized carbons (Fsp3) is 0.571. The van der Waals surface area contributed by atoms with E-state index in [0.29, 0.717) is 22.3 Å². The molecule has 0 saturated carbocycles. The van der Waals surface area contributed by atoms with Crippen molar-refractivity contribution in [2.75, 3.05) is 12.3 Å². The summed E-state index contributed by atoms with van der Waals surface area (Å²) in [6.45, 7) is 10.1. The fourth-order valence-corrected chi connectivity index (χ4v) is 4.52. The lowest BCUT2D eigenvalue weighted by molar-refractivity contribution is 0.318. The lowest BCUT2D eigenvalue weighted by Crippen LogP contribution is -2.39. The van der Waals surface area contributed by atoms with Gasteiger partial charge in [-0.1, -0.05) is 13.8 Å². The Morgan fingerprint density at radius 3 is 2.25 bits per heavy atom. The van der Waals surface area contributed by atoms with Crippen molar-refractivity contribution in [2.24, 2.45) is 5.92 Å². The zero-order valence-electron chi connectivity index (χ0n) is 12.6. The van der Waals surface area contributed by atoms with Gasteiger partial charge in [0.25, 0.3) is 0 Å². The number of hydrogen-bond acceptors (Lipinski definition) is 3. The van der Waals surface area contributed by atoms with Crippen LogP contribution in [0, 0.1) is 12.8 Å². The van der Waals surface area contributed by atoms with Gasteiger partial charge in [-0.2, -0.15) is 4.31 Å². The van der Waals surface area contributed by atoms with Gasteiger partial charge in [0.15, 0.2) is 0 Å². The normalized spacial score (nSPS) is 12.7. The molecule has 0 unspecified atom stereocenters. The molecule has 114 valence electrons. The van der Waals surface area contributed by atoms with Crippen LogP contribution in [0.5, 0.6) is 0 Å². The second kappa shape index (κ2) is 6.45. The molecule has 1 aromatic rings. The average Bonchev–Trinajstić information content (AvgIpc) is 2.29. The Morgan fingerprint density at radius 1 is 1.25 bits per heavy atom. The van der Waals surface area contributed by atoms with E-state index in [4.69, 9.17) is 5.73 Å². The van der Waals surface area contributed by atoms with Crippen molar-refractivity contribution in [1.82, 2.24) is 4.31 Å². The lowest BCUT2D eigenvalue weighted by Gasteiger charge is -2.28. The number of rotatable bonds is 5. The molecule has 0 aliphatic rings. The molecular weight excluding hydrogens is 340 g/mol. The molecule has 0 aliphatic heterocycles. The maximum Gasteiger partial charge on any atom is 0.243 e. The van der Waals surface area contributed by atoms with Gasteiger partial charge >= 0.3 is 0 Å². The van der Waals surface area contributed by atoms with Gasteiger partial charge in [-0.15, -0.1) is 0 Å². The number of halogens is 1. The Labute approximate surface area is 130 Å². The predicted molar refractivity (Wildman–Crippen MR) is 87.2 cm³/mol. The van der Waals surface area contributed by atoms with Crippen molar-refractivity contribution >= 4 is 31.6 Å². The van der Waals surface area contributed by atoms with E-state index in [1.807, 2.05) is 27.7 Å². The molecule has 20 heavy (non-hydrogen) atoms. The van der Waals surface area contributed by atoms with Crippen molar-refractivity contribution in [2.45, 2.75) is 45.6 Å². The van der Waals surface area contributed by atoms with Gasteiger partial charge in [-0.25, -0.2) is 8.42 Å². The molecule has 6 heteroatoms. The zero-order chi connectivity index (χ0) is 15.7. The van der Waals surface area contributed by atoms with Crippen molar-refractivity contribution < 1.29 is 8.42 Å². The van der Waals surface area contributed by atoms with Crippen LogP contribution in [0.4, 0.5) is 5.69 Å². The van der Waals surface area contributed by atoms with Crippen molar-refractivity contribution in [3.8, 4) is 0 Å². The van der Waals surface area contributed by atoms with E-state index in [2.05, 4.69) is 15.9 Å². The lowest BCUT2D eigenvalue weighted by atomic mass is 10.2. The molecule has 0 amide bonds. The van der Waals surface area contributed by atoms with Crippen LogP contribution in [-0.4, -0.2) is 25.3 Å². The largest absolute Gasteiger partial charge is 0.398 e. The van der Waals surface area contributed by atoms with Gasteiger partial charge < -0.3 is 5.73 Å². The summed E-state index contributed by atoms with van der Waals surface area (Å²) in [5.74, 6) is 0.264. The number of nitrogens with zero attached hydrogens (tertiary/aromatic N) is 1. The number of hydrogen-bond donors (Lipinski definition) is 1. The van der Waals surface area contributed by atoms with Crippen molar-refractivity contribution in [1.29, 1.82) is 0 Å². The molecular formula is C14H23BrN2O2S. The molecule has 2 N–H and O–H groups in total. The SMILES string of the molecule is Cc1cc(Br)c(N)cc1S(=O)(=O)N(CC(C)C)C(C)C. The first-order valence-corrected chi connectivity index (χ1v) is 8.88. The highest BCUT2D eigenvalue weighted by Crippen LogP contribution is 2.29. The third-order valence-corrected chi connectivity index (χ3v) is 5.87. The van der Waals surface area contributed by atoms with E-state index in [0.717, 1.165) is 0 Å². The van der Waals surface area contributed by atoms with Gasteiger partial charge in [0, 0.05) is 22.7 Å². The molecule has 0 radical (unpaired) electrons. The molecule has 0 atom stereocenters. The third-order valence-electron chi connectivity index (χ3n) is 3.00. The number of anilines is 1. The number of benzene rings is 1. The fourth-order valence-electron chi connectivity index (χ4n) is 2.02. The van der Waals surface area contributed by atoms with Crippen LogP contribution in [0.2, 0.25) is 0 Å². The second-order valence-electron chi connectivity index (χ2n) is 5.70. The van der Waals surface area contributed by atoms with E-state index in [1.54, 1.807) is 13.0 Å². The Balaban J connectivity index is 3.37. The Kier molecular flexibility index (Phi) is 5.63. The smallest absolute Gasteiger partial charge is 0.243 e. The summed E-state index contributed by atoms with van der Waals surface area (Å²) in [6.07, 6.45) is 0. The summed E-state index contributed by atoms with van der Waals surface area (Å²) >= 11 is 3.32. The van der Waals surface area contributed by atoms with Crippen molar-refractivity contribution in [3.63, 3.8) is 0 Å². The van der Waals surface area contributed by atoms with Crippen molar-refractivity contribution in [3.05, 3.63) is 22.2 Å². The number of nitrogen functional groups attached to an aromatic ring is 1. The summed E-state index contributed by atoms with van der Waals surface area (Å²) in [5.41, 5.74) is 6.96. The molecule has 1 aromatic carbocycles. The molecule has 1 rings (SSSR count). The van der Waals surface area contributed by atoms with Crippen LogP contribution in [0.15, 0.2) is 21.5 Å². The molecule has 0 saturated heterocycles. The topological polar surface area (TPSA) is 63.4 Å². The molecule has 0 heterocycles. The van der Waals surface area contributed by atoms with E-state index >= 15 is 0 Å². The maximum absolute atomic E-state index is 12.8. The highest BCUT2D eigenvalue weighted by molar-refractivity contribution is 9.10. The summed E-state index contributed by atoms with van der Waals surface area (Å²) in [6, 6.07) is 3.19. The van der Waals surface area contributed by atoms with Crippen LogP contribution in [0.3, 0.4) is 0 Å². The number of aryl methyl sites for hydroxylation is 1. The Hall–Kier alpha value is -0.590. The minimum atomic E-state index is -3.53. The zero-order valence-corrected chi connectivity index (χ0v) is 15.0. The highest BCUT2D eigenvalue weighted by Gasteiger charge is 2.29. The predicted octanol–water partition coefficient (Wildman–Crippen LogP) is 3.39. The minimum absolute atomic E-state index is 0.0910. The summed E-state index contributed by atoms with van der Waals surface area (Å²) < 4.78 is 27.9. The first-order valence-electron chi connectivity index (χ1n) is 6.64. The van der Waals surface area contributed by atoms with Crippen LogP contribution < -0.4 is 5.73 Å². The first-order chi connectivity index (χ1) is 9.07. The van der Waals surface area contributed by atoms with E-state index in [9.17, 15) is 8.42 Å². The van der Waals surface area contributed by atoms with Gasteiger partial charge in [0.1, 0.15) is 0 Å². The summed E-state index contributed by atoms with van der Waals surface area (Å²) in [4.78, 5) is 0.285. The van der Waals surface area contributed by atoms with Gasteiger partial charge in [-0.3, -0.25) is 0 Å². The number of sulfonamides is 1. The molecule has 0 aromatic heterocycles. The summed E-state index contributed by atoms with van der Waals surface area (Å²) in [7, 11) is -3.53. The quantitative estimate of drug-likeness (QED) is 0.816. The Morgan fingerprint density at radius 2 is 1.80 bits per heavy atom. The number of nitrogens with two attached hydrogens (primary N) is 1. The Bertz CT molecular complexity index is 583. The maximum atomic E-state index is 12.8. The monoisotopic (exact) mass is 362 g/mol. The molecule has 0 bridgehead atoms. The average molecular weight is 363 g/mol. The van der Waals surface area contributed by atoms with Crippen LogP contribution in [0.25, 0.3) is 0 Å². The standard InChI is InChI=1S/C14H23BrN2O2S/c1-9(2)8-17(10(3)4)20(18,19)14-7-13(16)12(15)6-11(14)5/h6-7,9-10H,8,16H2,1-5H3. The molecule has 0 aliphatic carbocycles. The van der Waals surface area contributed by atoms with Gasteiger partial charge in [0.05, 0.1) is 4.90 Å².